The zero-order valence-corrected chi connectivity index (χ0v) is 36.7. The summed E-state index contributed by atoms with van der Waals surface area (Å²) in [6, 6.07) is 5.03. The average Bonchev–Trinajstić information content (AvgIpc) is 4.01. The van der Waals surface area contributed by atoms with Gasteiger partial charge in [0, 0.05) is 59.6 Å². The van der Waals surface area contributed by atoms with Crippen LogP contribution in [0.3, 0.4) is 0 Å². The predicted octanol–water partition coefficient (Wildman–Crippen LogP) is -0.720. The molecule has 342 valence electrons. The van der Waals surface area contributed by atoms with Crippen LogP contribution in [0.1, 0.15) is 51.0 Å². The fourth-order valence-electron chi connectivity index (χ4n) is 7.48. The number of aliphatic carboxylic acids is 1. The number of carboxylic acid groups (broad SMARTS) is 1. The summed E-state index contributed by atoms with van der Waals surface area (Å²) in [6.45, 7) is 1.38. The van der Waals surface area contributed by atoms with Crippen molar-refractivity contribution in [2.45, 2.75) is 94.9 Å². The van der Waals surface area contributed by atoms with E-state index < -0.39 is 96.6 Å². The Kier molecular flexibility index (Phi) is 16.6. The number of primary amides is 1. The van der Waals surface area contributed by atoms with Crippen LogP contribution in [0.4, 0.5) is 0 Å². The van der Waals surface area contributed by atoms with Crippen LogP contribution >= 0.6 is 21.6 Å². The summed E-state index contributed by atoms with van der Waals surface area (Å²) in [4.78, 5) is 110. The number of imidazole rings is 1. The van der Waals surface area contributed by atoms with Gasteiger partial charge < -0.3 is 52.0 Å². The maximum Gasteiger partial charge on any atom is 0.307 e. The minimum atomic E-state index is -1.66. The second-order valence-corrected chi connectivity index (χ2v) is 18.1. The van der Waals surface area contributed by atoms with Gasteiger partial charge in [0.1, 0.15) is 36.4 Å². The van der Waals surface area contributed by atoms with Crippen LogP contribution in [-0.2, 0) is 56.2 Å². The van der Waals surface area contributed by atoms with Crippen LogP contribution < -0.4 is 36.9 Å². The Morgan fingerprint density at radius 3 is 2.55 bits per heavy atom. The van der Waals surface area contributed by atoms with E-state index in [2.05, 4.69) is 36.7 Å². The molecule has 23 heteroatoms. The van der Waals surface area contributed by atoms with E-state index in [0.717, 1.165) is 22.1 Å². The molecule has 0 aliphatic carbocycles. The number of ether oxygens (including phenoxy) is 1. The van der Waals surface area contributed by atoms with E-state index in [-0.39, 0.29) is 43.9 Å². The van der Waals surface area contributed by atoms with Gasteiger partial charge in [-0.1, -0.05) is 44.9 Å². The number of aromatic nitrogens is 4. The van der Waals surface area contributed by atoms with Crippen molar-refractivity contribution in [2.75, 3.05) is 24.6 Å². The van der Waals surface area contributed by atoms with Crippen LogP contribution in [-0.4, -0.2) is 133 Å². The number of nitrogens with two attached hydrogens (primary N) is 1. The number of unbranched alkanes of at least 4 members (excludes halogenated alkanes) is 1. The number of hydrogen-bond donors (Lipinski definition) is 8. The lowest BCUT2D eigenvalue weighted by atomic mass is 10.1. The lowest BCUT2D eigenvalue weighted by Crippen LogP contribution is -2.58. The number of carbonyl (C=O) groups is 8. The summed E-state index contributed by atoms with van der Waals surface area (Å²) in [5.41, 5.74) is 8.32. The molecule has 2 aliphatic rings. The monoisotopic (exact) mass is 922 g/mol. The Morgan fingerprint density at radius 1 is 0.953 bits per heavy atom. The molecule has 6 atom stereocenters. The molecule has 0 spiro atoms. The molecule has 9 N–H and O–H groups in total. The minimum absolute atomic E-state index is 0.0155. The number of carboxylic acids is 1. The normalized spacial score (nSPS) is 23.7. The number of nitrogens with zero attached hydrogens (tertiary/aromatic N) is 4. The topological polar surface area (TPSA) is 292 Å². The maximum atomic E-state index is 14.0. The highest BCUT2D eigenvalue weighted by Gasteiger charge is 2.43. The van der Waals surface area contributed by atoms with E-state index >= 15 is 0 Å². The summed E-state index contributed by atoms with van der Waals surface area (Å²) in [6.07, 6.45) is 7.06. The third-order valence-electron chi connectivity index (χ3n) is 10.8. The fraction of sp³-hybridized carbons (Fsp3) is 0.463. The number of fused-ring (bicyclic) bond motifs is 3. The molecule has 7 amide bonds. The van der Waals surface area contributed by atoms with Crippen molar-refractivity contribution in [3.8, 4) is 0 Å². The Morgan fingerprint density at radius 2 is 1.75 bits per heavy atom. The van der Waals surface area contributed by atoms with Gasteiger partial charge in [0.25, 0.3) is 0 Å². The summed E-state index contributed by atoms with van der Waals surface area (Å²) in [5, 5.41) is 27.5. The number of H-pyrrole nitrogens is 1. The second-order valence-electron chi connectivity index (χ2n) is 15.5. The average molecular weight is 923 g/mol. The Bertz CT molecular complexity index is 2360. The first-order valence-electron chi connectivity index (χ1n) is 20.8. The number of carbonyl (C=O) groups excluding carboxylic acids is 7. The molecule has 1 aromatic carbocycles. The van der Waals surface area contributed by atoms with Gasteiger partial charge in [-0.2, -0.15) is 0 Å². The van der Waals surface area contributed by atoms with Crippen molar-refractivity contribution in [1.29, 1.82) is 0 Å². The van der Waals surface area contributed by atoms with Crippen LogP contribution in [0, 0.1) is 0 Å². The second kappa shape index (κ2) is 22.4. The Hall–Kier alpha value is -6.20. The lowest BCUT2D eigenvalue weighted by Gasteiger charge is -2.28. The quantitative estimate of drug-likeness (QED) is 0.0525. The minimum Gasteiger partial charge on any atom is -0.481 e. The number of hydrogen-bond acceptors (Lipinski definition) is 12. The van der Waals surface area contributed by atoms with Crippen LogP contribution in [0.2, 0.25) is 0 Å². The van der Waals surface area contributed by atoms with Gasteiger partial charge in [-0.15, -0.1) is 4.52 Å². The number of para-hydroxylation sites is 1. The predicted molar refractivity (Wildman–Crippen MR) is 234 cm³/mol. The van der Waals surface area contributed by atoms with Gasteiger partial charge >= 0.3 is 11.6 Å². The van der Waals surface area contributed by atoms with Crippen molar-refractivity contribution in [3.63, 3.8) is 0 Å². The number of benzene rings is 1. The first-order valence-corrected chi connectivity index (χ1v) is 23.3. The highest BCUT2D eigenvalue weighted by atomic mass is 33.1. The maximum absolute atomic E-state index is 14.0. The summed E-state index contributed by atoms with van der Waals surface area (Å²) < 4.78 is 9.94. The molecular weight excluding hydrogens is 871 g/mol. The fourth-order valence-corrected chi connectivity index (χ4v) is 9.64. The number of aromatic amines is 1. The molecule has 21 nitrogen and oxygen atoms in total. The largest absolute Gasteiger partial charge is 0.481 e. The Labute approximate surface area is 375 Å². The number of rotatable bonds is 11. The zero-order valence-electron chi connectivity index (χ0n) is 35.0. The zero-order chi connectivity index (χ0) is 45.8. The van der Waals surface area contributed by atoms with Crippen LogP contribution in [0.5, 0.6) is 0 Å². The van der Waals surface area contributed by atoms with Gasteiger partial charge in [-0.25, -0.2) is 4.57 Å². The van der Waals surface area contributed by atoms with Crippen molar-refractivity contribution >= 4 is 85.5 Å². The molecule has 2 fully saturated rings. The summed E-state index contributed by atoms with van der Waals surface area (Å²) in [7, 11) is 2.45. The van der Waals surface area contributed by atoms with E-state index in [1.165, 1.54) is 33.4 Å². The number of aryl methyl sites for hydroxylation is 1. The molecule has 5 heterocycles. The molecule has 0 saturated carbocycles. The van der Waals surface area contributed by atoms with Gasteiger partial charge in [-0.05, 0) is 38.3 Å². The van der Waals surface area contributed by atoms with E-state index in [1.54, 1.807) is 16.9 Å². The molecular formula is C41H52N11O10S2+. The molecule has 2 aliphatic heterocycles. The summed E-state index contributed by atoms with van der Waals surface area (Å²) in [5.74, 6) is -6.38. The van der Waals surface area contributed by atoms with E-state index in [9.17, 15) is 43.5 Å². The molecule has 0 bridgehead atoms. The van der Waals surface area contributed by atoms with Crippen molar-refractivity contribution in [2.24, 2.45) is 5.73 Å². The highest BCUT2D eigenvalue weighted by molar-refractivity contribution is 8.76. The Balaban J connectivity index is 1.15. The van der Waals surface area contributed by atoms with Gasteiger partial charge in [0.15, 0.2) is 6.20 Å². The SMILES string of the molecule is C[C@@H]1NC(=O)[C@H](CC(=O)O)NC(=O)CNC(=O)C(CCCC[n+]2ccn3ncccc32)NC(=O)CCSSC[C@@H](C(N)=O)NC(=O)[C@@H]2CC(OCc3c[nH]c4ccccc34)CN2C1=O. The molecule has 0 radical (unpaired) electrons. The third kappa shape index (κ3) is 12.7. The van der Waals surface area contributed by atoms with Gasteiger partial charge in [0.05, 0.1) is 38.4 Å². The van der Waals surface area contributed by atoms with Crippen molar-refractivity contribution < 1.29 is 52.8 Å². The number of amides is 7. The smallest absolute Gasteiger partial charge is 0.307 e. The van der Waals surface area contributed by atoms with Crippen molar-refractivity contribution in [1.82, 2.24) is 46.1 Å². The first kappa shape index (κ1) is 47.3. The molecule has 2 saturated heterocycles. The number of nitrogens with one attached hydrogen (secondary N) is 6. The molecule has 3 aromatic heterocycles. The standard InChI is InChI=1S/C41H51N11O10S2/c1-24-41(61)51-21-26(62-22-25-19-43-28-8-3-2-7-27(25)28)17-32(51)40(60)49-31(37(42)57)23-64-63-16-11-33(53)47-29(9-4-5-13-50-14-15-52-35(50)10-6-12-45-52)38(58)44-20-34(54)48-30(18-36(55)56)39(59)46-24/h2-3,6-8,10,12,14-15,19,24,26,29-32,43H,4-5,9,11,13,16-18,20-23H2,1H3,(H7-,42,44,46,47,48,49,53,54,55,56,57,58,59,60)/p+1/t24-,26?,29?,30-,31-,32-/m0/s1. The van der Waals surface area contributed by atoms with Gasteiger partial charge in [-0.3, -0.25) is 38.4 Å². The third-order valence-corrected chi connectivity index (χ3v) is 13.2. The van der Waals surface area contributed by atoms with Crippen LogP contribution in [0.25, 0.3) is 16.6 Å². The molecule has 6 rings (SSSR count). The summed E-state index contributed by atoms with van der Waals surface area (Å²) >= 11 is 0. The van der Waals surface area contributed by atoms with Gasteiger partial charge in [0.2, 0.25) is 41.4 Å². The van der Waals surface area contributed by atoms with E-state index in [4.69, 9.17) is 10.5 Å². The van der Waals surface area contributed by atoms with Crippen molar-refractivity contribution in [3.05, 3.63) is 66.7 Å². The van der Waals surface area contributed by atoms with E-state index in [0.29, 0.717) is 19.4 Å². The highest BCUT2D eigenvalue weighted by Crippen LogP contribution is 2.27. The molecule has 4 aromatic rings. The molecule has 2 unspecified atom stereocenters. The molecule has 64 heavy (non-hydrogen) atoms. The first-order chi connectivity index (χ1) is 30.8. The van der Waals surface area contributed by atoms with E-state index in [1.807, 2.05) is 53.4 Å². The lowest BCUT2D eigenvalue weighted by molar-refractivity contribution is -0.671. The van der Waals surface area contributed by atoms with Crippen LogP contribution in [0.15, 0.2) is 61.2 Å².